The summed E-state index contributed by atoms with van der Waals surface area (Å²) in [4.78, 5) is 17.4. The Hall–Kier alpha value is -3.33. The second-order valence-electron chi connectivity index (χ2n) is 7.14. The summed E-state index contributed by atoms with van der Waals surface area (Å²) in [5, 5.41) is 8.35. The molecule has 0 saturated heterocycles. The van der Waals surface area contributed by atoms with Crippen LogP contribution in [0.25, 0.3) is 0 Å². The number of benzene rings is 2. The van der Waals surface area contributed by atoms with E-state index in [1.807, 2.05) is 37.3 Å². The van der Waals surface area contributed by atoms with Crippen molar-refractivity contribution in [2.24, 2.45) is 0 Å². The molecule has 2 heterocycles. The molecule has 2 aromatic carbocycles. The van der Waals surface area contributed by atoms with Crippen molar-refractivity contribution in [1.29, 1.82) is 0 Å². The summed E-state index contributed by atoms with van der Waals surface area (Å²) in [5.74, 6) is 1.07. The van der Waals surface area contributed by atoms with Crippen molar-refractivity contribution in [3.8, 4) is 5.75 Å². The Morgan fingerprint density at radius 1 is 1.25 bits per heavy atom. The number of thioether (sulfide) groups is 1. The molecule has 0 unspecified atom stereocenters. The standard InChI is InChI=1S/C23H23FN4O3S/c1-4-31-21(29)19-14(2)25-22-26-23(32-13-15-6-5-7-17(24)12-15)27-28(22)20(19)16-8-10-18(30-3)11-9-16/h5-12,20H,4,13H2,1-3H3,(H,25,26,27)/t20-/m1/s1. The molecule has 1 aliphatic heterocycles. The summed E-state index contributed by atoms with van der Waals surface area (Å²) in [6.45, 7) is 3.86. The molecule has 0 radical (unpaired) electrons. The zero-order chi connectivity index (χ0) is 22.7. The average Bonchev–Trinajstić information content (AvgIpc) is 3.19. The molecule has 0 bridgehead atoms. The lowest BCUT2D eigenvalue weighted by Crippen LogP contribution is -2.29. The van der Waals surface area contributed by atoms with Gasteiger partial charge in [0.1, 0.15) is 17.6 Å². The predicted octanol–water partition coefficient (Wildman–Crippen LogP) is 4.57. The van der Waals surface area contributed by atoms with Crippen LogP contribution in [0.2, 0.25) is 0 Å². The smallest absolute Gasteiger partial charge is 0.338 e. The third-order valence-corrected chi connectivity index (χ3v) is 5.93. The Morgan fingerprint density at radius 2 is 2.03 bits per heavy atom. The molecule has 0 fully saturated rings. The van der Waals surface area contributed by atoms with Crippen molar-refractivity contribution in [3.05, 3.63) is 76.7 Å². The van der Waals surface area contributed by atoms with Crippen LogP contribution in [0.1, 0.15) is 31.0 Å². The molecule has 0 aliphatic carbocycles. The zero-order valence-electron chi connectivity index (χ0n) is 18.0. The Labute approximate surface area is 189 Å². The van der Waals surface area contributed by atoms with E-state index in [0.29, 0.717) is 33.9 Å². The first kappa shape index (κ1) is 21.9. The molecule has 1 aliphatic rings. The minimum absolute atomic E-state index is 0.268. The molecule has 166 valence electrons. The van der Waals surface area contributed by atoms with Gasteiger partial charge in [-0.2, -0.15) is 4.98 Å². The number of halogens is 1. The lowest BCUT2D eigenvalue weighted by molar-refractivity contribution is -0.139. The van der Waals surface area contributed by atoms with E-state index < -0.39 is 12.0 Å². The van der Waals surface area contributed by atoms with Crippen molar-refractivity contribution in [2.45, 2.75) is 30.8 Å². The van der Waals surface area contributed by atoms with Gasteiger partial charge in [0.05, 0.1) is 19.3 Å². The summed E-state index contributed by atoms with van der Waals surface area (Å²) in [7, 11) is 1.60. The number of ether oxygens (including phenoxy) is 2. The number of rotatable bonds is 7. The van der Waals surface area contributed by atoms with Gasteiger partial charge in [0.25, 0.3) is 0 Å². The highest BCUT2D eigenvalue weighted by Gasteiger charge is 2.35. The number of nitrogens with zero attached hydrogens (tertiary/aromatic N) is 3. The fraction of sp³-hybridized carbons (Fsp3) is 0.261. The van der Waals surface area contributed by atoms with E-state index in [-0.39, 0.29) is 12.4 Å². The molecular formula is C23H23FN4O3S. The topological polar surface area (TPSA) is 78.3 Å². The molecule has 9 heteroatoms. The van der Waals surface area contributed by atoms with Crippen LogP contribution in [0, 0.1) is 5.82 Å². The summed E-state index contributed by atoms with van der Waals surface area (Å²) < 4.78 is 25.8. The summed E-state index contributed by atoms with van der Waals surface area (Å²) in [5.41, 5.74) is 2.81. The fourth-order valence-electron chi connectivity index (χ4n) is 3.53. The molecule has 4 rings (SSSR count). The van der Waals surface area contributed by atoms with Crippen molar-refractivity contribution in [1.82, 2.24) is 14.8 Å². The van der Waals surface area contributed by atoms with Gasteiger partial charge in [-0.25, -0.2) is 13.9 Å². The van der Waals surface area contributed by atoms with Gasteiger partial charge in [0.15, 0.2) is 0 Å². The van der Waals surface area contributed by atoms with Gasteiger partial charge in [-0.05, 0) is 49.2 Å². The van der Waals surface area contributed by atoms with E-state index in [1.54, 1.807) is 24.8 Å². The number of hydrogen-bond donors (Lipinski definition) is 1. The minimum Gasteiger partial charge on any atom is -0.497 e. The number of fused-ring (bicyclic) bond motifs is 1. The lowest BCUT2D eigenvalue weighted by atomic mass is 9.96. The first-order chi connectivity index (χ1) is 15.5. The minimum atomic E-state index is -0.507. The molecule has 0 saturated carbocycles. The fourth-order valence-corrected chi connectivity index (χ4v) is 4.31. The van der Waals surface area contributed by atoms with Crippen LogP contribution in [0.15, 0.2) is 65.0 Å². The van der Waals surface area contributed by atoms with Crippen LogP contribution in [-0.4, -0.2) is 34.5 Å². The molecule has 0 spiro atoms. The number of carbonyl (C=O) groups excluding carboxylic acids is 1. The normalized spacial score (nSPS) is 15.2. The van der Waals surface area contributed by atoms with Gasteiger partial charge >= 0.3 is 5.97 Å². The van der Waals surface area contributed by atoms with Crippen LogP contribution in [0.4, 0.5) is 10.3 Å². The maximum absolute atomic E-state index is 13.5. The Kier molecular flexibility index (Phi) is 6.45. The van der Waals surface area contributed by atoms with E-state index in [2.05, 4.69) is 15.4 Å². The van der Waals surface area contributed by atoms with Gasteiger partial charge in [-0.1, -0.05) is 36.0 Å². The Balaban J connectivity index is 1.68. The highest BCUT2D eigenvalue weighted by molar-refractivity contribution is 7.98. The maximum atomic E-state index is 13.5. The van der Waals surface area contributed by atoms with E-state index >= 15 is 0 Å². The number of anilines is 1. The van der Waals surface area contributed by atoms with E-state index in [9.17, 15) is 9.18 Å². The Morgan fingerprint density at radius 3 is 2.72 bits per heavy atom. The quantitative estimate of drug-likeness (QED) is 0.414. The first-order valence-corrected chi connectivity index (χ1v) is 11.1. The van der Waals surface area contributed by atoms with Crippen LogP contribution >= 0.6 is 11.8 Å². The van der Waals surface area contributed by atoms with Crippen molar-refractivity contribution >= 4 is 23.7 Å². The van der Waals surface area contributed by atoms with Crippen molar-refractivity contribution < 1.29 is 18.7 Å². The van der Waals surface area contributed by atoms with Crippen molar-refractivity contribution in [3.63, 3.8) is 0 Å². The van der Waals surface area contributed by atoms with Gasteiger partial charge in [0.2, 0.25) is 11.1 Å². The maximum Gasteiger partial charge on any atom is 0.338 e. The molecule has 1 aromatic heterocycles. The zero-order valence-corrected chi connectivity index (χ0v) is 18.8. The summed E-state index contributed by atoms with van der Waals surface area (Å²) >= 11 is 1.40. The molecule has 1 N–H and O–H groups in total. The molecule has 7 nitrogen and oxygen atoms in total. The van der Waals surface area contributed by atoms with Crippen LogP contribution < -0.4 is 10.1 Å². The van der Waals surface area contributed by atoms with E-state index in [4.69, 9.17) is 9.47 Å². The lowest BCUT2D eigenvalue weighted by Gasteiger charge is -2.28. The van der Waals surface area contributed by atoms with Crippen molar-refractivity contribution in [2.75, 3.05) is 19.0 Å². The second kappa shape index (κ2) is 9.44. The van der Waals surface area contributed by atoms with Gasteiger partial charge in [-0.15, -0.1) is 5.10 Å². The number of esters is 1. The monoisotopic (exact) mass is 454 g/mol. The van der Waals surface area contributed by atoms with E-state index in [0.717, 1.165) is 11.1 Å². The SMILES string of the molecule is CCOC(=O)C1=C(C)Nc2nc(SCc3cccc(F)c3)nn2[C@@H]1c1ccc(OC)cc1. The number of carbonyl (C=O) groups is 1. The number of hydrogen-bond acceptors (Lipinski definition) is 7. The van der Waals surface area contributed by atoms with Crippen LogP contribution in [0.5, 0.6) is 5.75 Å². The second-order valence-corrected chi connectivity index (χ2v) is 8.08. The number of nitrogens with one attached hydrogen (secondary N) is 1. The highest BCUT2D eigenvalue weighted by Crippen LogP contribution is 2.37. The van der Waals surface area contributed by atoms with E-state index in [1.165, 1.54) is 23.9 Å². The number of aromatic nitrogens is 3. The number of methoxy groups -OCH3 is 1. The van der Waals surface area contributed by atoms with Gasteiger partial charge < -0.3 is 14.8 Å². The third-order valence-electron chi connectivity index (χ3n) is 5.02. The van der Waals surface area contributed by atoms with Crippen LogP contribution in [0.3, 0.4) is 0 Å². The average molecular weight is 455 g/mol. The van der Waals surface area contributed by atoms with Crippen LogP contribution in [-0.2, 0) is 15.3 Å². The molecule has 32 heavy (non-hydrogen) atoms. The molecular weight excluding hydrogens is 431 g/mol. The largest absolute Gasteiger partial charge is 0.497 e. The molecule has 3 aromatic rings. The number of allylic oxidation sites excluding steroid dienone is 1. The summed E-state index contributed by atoms with van der Waals surface area (Å²) in [6, 6.07) is 13.4. The highest BCUT2D eigenvalue weighted by atomic mass is 32.2. The molecule has 1 atom stereocenters. The first-order valence-electron chi connectivity index (χ1n) is 10.1. The summed E-state index contributed by atoms with van der Waals surface area (Å²) in [6.07, 6.45) is 0. The van der Waals surface area contributed by atoms with Gasteiger partial charge in [-0.3, -0.25) is 0 Å². The third kappa shape index (κ3) is 4.47. The molecule has 0 amide bonds. The Bertz CT molecular complexity index is 1160. The predicted molar refractivity (Wildman–Crippen MR) is 120 cm³/mol. The van der Waals surface area contributed by atoms with Gasteiger partial charge in [0, 0.05) is 11.4 Å².